The van der Waals surface area contributed by atoms with Gasteiger partial charge in [-0.1, -0.05) is 23.7 Å². The van der Waals surface area contributed by atoms with E-state index in [1.54, 1.807) is 17.0 Å². The van der Waals surface area contributed by atoms with Crippen molar-refractivity contribution in [3.63, 3.8) is 0 Å². The molecular formula is C14H18ClNO4. The lowest BCUT2D eigenvalue weighted by molar-refractivity contribution is -0.142. The third-order valence-corrected chi connectivity index (χ3v) is 3.48. The van der Waals surface area contributed by atoms with Gasteiger partial charge in [-0.25, -0.2) is 0 Å². The summed E-state index contributed by atoms with van der Waals surface area (Å²) >= 11 is 5.96. The van der Waals surface area contributed by atoms with E-state index in [1.165, 1.54) is 0 Å². The monoisotopic (exact) mass is 299 g/mol. The van der Waals surface area contributed by atoms with Gasteiger partial charge < -0.3 is 19.5 Å². The fourth-order valence-corrected chi connectivity index (χ4v) is 2.28. The Kier molecular flexibility index (Phi) is 5.64. The Morgan fingerprint density at radius 2 is 2.30 bits per heavy atom. The van der Waals surface area contributed by atoms with Crippen molar-refractivity contribution < 1.29 is 19.4 Å². The summed E-state index contributed by atoms with van der Waals surface area (Å²) in [4.78, 5) is 13.7. The van der Waals surface area contributed by atoms with Gasteiger partial charge in [0, 0.05) is 6.54 Å². The molecule has 110 valence electrons. The normalized spacial score (nSPS) is 18.9. The van der Waals surface area contributed by atoms with Gasteiger partial charge in [-0.3, -0.25) is 4.79 Å². The average Bonchev–Trinajstić information content (AvgIpc) is 2.49. The maximum Gasteiger partial charge on any atom is 0.226 e. The fourth-order valence-electron chi connectivity index (χ4n) is 2.09. The van der Waals surface area contributed by atoms with Gasteiger partial charge in [0.25, 0.3) is 0 Å². The molecule has 1 aliphatic heterocycles. The Hall–Kier alpha value is -1.30. The minimum absolute atomic E-state index is 0.0422. The Morgan fingerprint density at radius 1 is 1.50 bits per heavy atom. The average molecular weight is 300 g/mol. The molecule has 6 heteroatoms. The molecule has 1 fully saturated rings. The molecule has 0 aromatic heterocycles. The van der Waals surface area contributed by atoms with Crippen LogP contribution in [-0.4, -0.2) is 54.9 Å². The highest BCUT2D eigenvalue weighted by atomic mass is 35.5. The number of aliphatic hydroxyl groups excluding tert-OH is 1. The third kappa shape index (κ3) is 3.85. The second-order valence-corrected chi connectivity index (χ2v) is 4.93. The Bertz CT molecular complexity index is 455. The van der Waals surface area contributed by atoms with E-state index in [9.17, 15) is 9.90 Å². The van der Waals surface area contributed by atoms with E-state index in [0.717, 1.165) is 0 Å². The standard InChI is InChI=1S/C14H18ClNO4/c15-12-3-1-2-4-13(12)20-7-5-14(18)16-6-8-19-10-11(16)9-17/h1-4,11,17H,5-10H2. The molecule has 1 saturated heterocycles. The summed E-state index contributed by atoms with van der Waals surface area (Å²) in [5.41, 5.74) is 0. The minimum Gasteiger partial charge on any atom is -0.491 e. The number of benzene rings is 1. The van der Waals surface area contributed by atoms with Crippen molar-refractivity contribution in [2.45, 2.75) is 12.5 Å². The summed E-state index contributed by atoms with van der Waals surface area (Å²) in [6.45, 7) is 1.58. The fraction of sp³-hybridized carbons (Fsp3) is 0.500. The molecule has 1 amide bonds. The zero-order chi connectivity index (χ0) is 14.4. The number of carbonyl (C=O) groups excluding carboxylic acids is 1. The van der Waals surface area contributed by atoms with E-state index < -0.39 is 0 Å². The van der Waals surface area contributed by atoms with Gasteiger partial charge in [0.05, 0.1) is 43.9 Å². The van der Waals surface area contributed by atoms with Crippen LogP contribution in [0, 0.1) is 0 Å². The number of carbonyl (C=O) groups is 1. The Labute approximate surface area is 123 Å². The maximum absolute atomic E-state index is 12.1. The summed E-state index contributed by atoms with van der Waals surface area (Å²) in [6, 6.07) is 6.89. The second-order valence-electron chi connectivity index (χ2n) is 4.53. The van der Waals surface area contributed by atoms with Crippen molar-refractivity contribution in [2.24, 2.45) is 0 Å². The van der Waals surface area contributed by atoms with E-state index in [-0.39, 0.29) is 31.6 Å². The molecule has 5 nitrogen and oxygen atoms in total. The second kappa shape index (κ2) is 7.47. The Morgan fingerprint density at radius 3 is 3.05 bits per heavy atom. The molecule has 1 heterocycles. The predicted octanol–water partition coefficient (Wildman–Crippen LogP) is 1.33. The zero-order valence-electron chi connectivity index (χ0n) is 11.1. The maximum atomic E-state index is 12.1. The first-order valence-electron chi connectivity index (χ1n) is 6.57. The highest BCUT2D eigenvalue weighted by Crippen LogP contribution is 2.23. The minimum atomic E-state index is -0.253. The highest BCUT2D eigenvalue weighted by molar-refractivity contribution is 6.32. The largest absolute Gasteiger partial charge is 0.491 e. The molecule has 1 N–H and O–H groups in total. The van der Waals surface area contributed by atoms with Crippen LogP contribution in [-0.2, 0) is 9.53 Å². The van der Waals surface area contributed by atoms with Crippen LogP contribution in [0.1, 0.15) is 6.42 Å². The zero-order valence-corrected chi connectivity index (χ0v) is 11.9. The van der Waals surface area contributed by atoms with E-state index in [1.807, 2.05) is 12.1 Å². The summed E-state index contributed by atoms with van der Waals surface area (Å²) in [5.74, 6) is 0.530. The molecule has 0 saturated carbocycles. The van der Waals surface area contributed by atoms with Crippen LogP contribution >= 0.6 is 11.6 Å². The summed E-state index contributed by atoms with van der Waals surface area (Å²) in [5, 5.41) is 9.75. The first kappa shape index (κ1) is 15.1. The number of amides is 1. The van der Waals surface area contributed by atoms with Gasteiger partial charge in [-0.15, -0.1) is 0 Å². The first-order valence-corrected chi connectivity index (χ1v) is 6.95. The topological polar surface area (TPSA) is 59.0 Å². The molecule has 1 unspecified atom stereocenters. The number of para-hydroxylation sites is 1. The van der Waals surface area contributed by atoms with Crippen molar-refractivity contribution in [1.29, 1.82) is 0 Å². The molecule has 0 bridgehead atoms. The SMILES string of the molecule is O=C(CCOc1ccccc1Cl)N1CCOCC1CO. The van der Waals surface area contributed by atoms with E-state index in [0.29, 0.717) is 30.5 Å². The lowest BCUT2D eigenvalue weighted by Crippen LogP contribution is -2.50. The number of ether oxygens (including phenoxy) is 2. The quantitative estimate of drug-likeness (QED) is 0.891. The smallest absolute Gasteiger partial charge is 0.226 e. The van der Waals surface area contributed by atoms with Crippen molar-refractivity contribution in [1.82, 2.24) is 4.90 Å². The number of aliphatic hydroxyl groups is 1. The lowest BCUT2D eigenvalue weighted by Gasteiger charge is -2.34. The van der Waals surface area contributed by atoms with Gasteiger partial charge in [0.2, 0.25) is 5.91 Å². The van der Waals surface area contributed by atoms with Gasteiger partial charge >= 0.3 is 0 Å². The van der Waals surface area contributed by atoms with E-state index >= 15 is 0 Å². The van der Waals surface area contributed by atoms with Crippen LogP contribution in [0.25, 0.3) is 0 Å². The number of hydrogen-bond acceptors (Lipinski definition) is 4. The first-order chi connectivity index (χ1) is 9.72. The molecule has 1 atom stereocenters. The molecule has 1 aromatic carbocycles. The van der Waals surface area contributed by atoms with Crippen LogP contribution in [0.15, 0.2) is 24.3 Å². The van der Waals surface area contributed by atoms with Crippen LogP contribution in [0.3, 0.4) is 0 Å². The van der Waals surface area contributed by atoms with Crippen LogP contribution in [0.5, 0.6) is 5.75 Å². The number of hydrogen-bond donors (Lipinski definition) is 1. The lowest BCUT2D eigenvalue weighted by atomic mass is 10.2. The van der Waals surface area contributed by atoms with Gasteiger partial charge in [0.15, 0.2) is 0 Å². The predicted molar refractivity (Wildman–Crippen MR) is 75.0 cm³/mol. The molecular weight excluding hydrogens is 282 g/mol. The van der Waals surface area contributed by atoms with E-state index in [4.69, 9.17) is 21.1 Å². The highest BCUT2D eigenvalue weighted by Gasteiger charge is 2.26. The summed E-state index contributed by atoms with van der Waals surface area (Å²) in [7, 11) is 0. The molecule has 0 radical (unpaired) electrons. The van der Waals surface area contributed by atoms with Gasteiger partial charge in [-0.2, -0.15) is 0 Å². The van der Waals surface area contributed by atoms with Crippen molar-refractivity contribution in [3.05, 3.63) is 29.3 Å². The number of halogens is 1. The summed E-state index contributed by atoms with van der Waals surface area (Å²) < 4.78 is 10.7. The van der Waals surface area contributed by atoms with E-state index in [2.05, 4.69) is 0 Å². The number of rotatable bonds is 5. The van der Waals surface area contributed by atoms with Crippen molar-refractivity contribution in [3.8, 4) is 5.75 Å². The third-order valence-electron chi connectivity index (χ3n) is 3.17. The molecule has 0 spiro atoms. The van der Waals surface area contributed by atoms with Gasteiger partial charge in [0.1, 0.15) is 5.75 Å². The number of nitrogens with zero attached hydrogens (tertiary/aromatic N) is 1. The van der Waals surface area contributed by atoms with Crippen molar-refractivity contribution in [2.75, 3.05) is 33.0 Å². The van der Waals surface area contributed by atoms with Crippen molar-refractivity contribution >= 4 is 17.5 Å². The van der Waals surface area contributed by atoms with Gasteiger partial charge in [-0.05, 0) is 12.1 Å². The molecule has 20 heavy (non-hydrogen) atoms. The van der Waals surface area contributed by atoms with Crippen LogP contribution in [0.4, 0.5) is 0 Å². The number of morpholine rings is 1. The molecule has 2 rings (SSSR count). The van der Waals surface area contributed by atoms with Crippen LogP contribution < -0.4 is 4.74 Å². The molecule has 1 aliphatic rings. The van der Waals surface area contributed by atoms with Crippen LogP contribution in [0.2, 0.25) is 5.02 Å². The summed E-state index contributed by atoms with van der Waals surface area (Å²) in [6.07, 6.45) is 0.252. The molecule has 0 aliphatic carbocycles. The molecule has 1 aromatic rings. The Balaban J connectivity index is 1.81.